The summed E-state index contributed by atoms with van der Waals surface area (Å²) < 4.78 is 0. The van der Waals surface area contributed by atoms with Crippen LogP contribution in [0.15, 0.2) is 30.6 Å². The molecule has 1 aromatic heterocycles. The first-order valence-corrected chi connectivity index (χ1v) is 7.62. The second-order valence-electron chi connectivity index (χ2n) is 5.10. The van der Waals surface area contributed by atoms with E-state index >= 15 is 0 Å². The highest BCUT2D eigenvalue weighted by atomic mass is 15.1. The van der Waals surface area contributed by atoms with E-state index in [0.717, 1.165) is 43.1 Å². The number of rotatable bonds is 7. The number of hydrogen-bond acceptors (Lipinski definition) is 4. The topological polar surface area (TPSA) is 49.8 Å². The van der Waals surface area contributed by atoms with Crippen LogP contribution in [-0.4, -0.2) is 16.5 Å². The van der Waals surface area contributed by atoms with Crippen molar-refractivity contribution in [3.8, 4) is 0 Å². The Morgan fingerprint density at radius 2 is 1.62 bits per heavy atom. The maximum atomic E-state index is 4.36. The maximum Gasteiger partial charge on any atom is 0.134 e. The molecule has 1 aromatic carbocycles. The molecule has 0 radical (unpaired) electrons. The van der Waals surface area contributed by atoms with Crippen molar-refractivity contribution in [2.75, 3.05) is 17.2 Å². The van der Waals surface area contributed by atoms with E-state index in [1.165, 1.54) is 11.1 Å². The van der Waals surface area contributed by atoms with Crippen molar-refractivity contribution in [1.82, 2.24) is 9.97 Å². The number of anilines is 2. The van der Waals surface area contributed by atoms with E-state index in [1.807, 2.05) is 6.92 Å². The van der Waals surface area contributed by atoms with Gasteiger partial charge in [-0.05, 0) is 30.9 Å². The van der Waals surface area contributed by atoms with Crippen LogP contribution >= 0.6 is 0 Å². The summed E-state index contributed by atoms with van der Waals surface area (Å²) in [5.74, 6) is 1.81. The van der Waals surface area contributed by atoms with Crippen LogP contribution in [-0.2, 0) is 13.0 Å². The van der Waals surface area contributed by atoms with Crippen LogP contribution in [0.1, 0.15) is 37.0 Å². The number of nitrogens with zero attached hydrogens (tertiary/aromatic N) is 2. The third kappa shape index (κ3) is 3.94. The molecule has 0 atom stereocenters. The minimum Gasteiger partial charge on any atom is -0.370 e. The summed E-state index contributed by atoms with van der Waals surface area (Å²) in [5, 5.41) is 6.76. The van der Waals surface area contributed by atoms with Crippen molar-refractivity contribution in [2.24, 2.45) is 0 Å². The molecule has 2 rings (SSSR count). The molecule has 0 amide bonds. The van der Waals surface area contributed by atoms with E-state index in [9.17, 15) is 0 Å². The molecular formula is C17H24N4. The Hall–Kier alpha value is -2.10. The van der Waals surface area contributed by atoms with E-state index in [1.54, 1.807) is 6.33 Å². The largest absolute Gasteiger partial charge is 0.370 e. The monoisotopic (exact) mass is 284 g/mol. The van der Waals surface area contributed by atoms with Gasteiger partial charge >= 0.3 is 0 Å². The SMILES string of the molecule is CCCNc1ncnc(NCc2ccccc2CC)c1C. The van der Waals surface area contributed by atoms with Crippen molar-refractivity contribution in [3.05, 3.63) is 47.3 Å². The first kappa shape index (κ1) is 15.3. The smallest absolute Gasteiger partial charge is 0.134 e. The van der Waals surface area contributed by atoms with Crippen molar-refractivity contribution < 1.29 is 0 Å². The lowest BCUT2D eigenvalue weighted by Crippen LogP contribution is -2.09. The molecule has 2 aromatic rings. The van der Waals surface area contributed by atoms with Crippen LogP contribution in [0.2, 0.25) is 0 Å². The van der Waals surface area contributed by atoms with E-state index in [2.05, 4.69) is 58.7 Å². The molecule has 0 spiro atoms. The van der Waals surface area contributed by atoms with Gasteiger partial charge in [-0.15, -0.1) is 0 Å². The van der Waals surface area contributed by atoms with Crippen LogP contribution in [0.3, 0.4) is 0 Å². The summed E-state index contributed by atoms with van der Waals surface area (Å²) in [6.07, 6.45) is 3.74. The van der Waals surface area contributed by atoms with Crippen molar-refractivity contribution >= 4 is 11.6 Å². The Labute approximate surface area is 127 Å². The summed E-state index contributed by atoms with van der Waals surface area (Å²) >= 11 is 0. The summed E-state index contributed by atoms with van der Waals surface area (Å²) in [7, 11) is 0. The Bertz CT molecular complexity index is 581. The highest BCUT2D eigenvalue weighted by Gasteiger charge is 2.07. The third-order valence-corrected chi connectivity index (χ3v) is 3.57. The van der Waals surface area contributed by atoms with Crippen LogP contribution in [0, 0.1) is 6.92 Å². The van der Waals surface area contributed by atoms with Gasteiger partial charge in [-0.25, -0.2) is 9.97 Å². The zero-order valence-corrected chi connectivity index (χ0v) is 13.1. The Balaban J connectivity index is 2.09. The lowest BCUT2D eigenvalue weighted by atomic mass is 10.1. The Morgan fingerprint density at radius 1 is 0.952 bits per heavy atom. The molecule has 4 heteroatoms. The second-order valence-corrected chi connectivity index (χ2v) is 5.10. The minimum atomic E-state index is 0.787. The average molecular weight is 284 g/mol. The zero-order chi connectivity index (χ0) is 15.1. The summed E-state index contributed by atoms with van der Waals surface area (Å²) in [6.45, 7) is 8.09. The van der Waals surface area contributed by atoms with Gasteiger partial charge < -0.3 is 10.6 Å². The van der Waals surface area contributed by atoms with Crippen LogP contribution in [0.5, 0.6) is 0 Å². The van der Waals surface area contributed by atoms with Gasteiger partial charge in [0.25, 0.3) is 0 Å². The number of nitrogens with one attached hydrogen (secondary N) is 2. The van der Waals surface area contributed by atoms with E-state index in [4.69, 9.17) is 0 Å². The van der Waals surface area contributed by atoms with Gasteiger partial charge in [0, 0.05) is 18.7 Å². The fourth-order valence-electron chi connectivity index (χ4n) is 2.30. The highest BCUT2D eigenvalue weighted by molar-refractivity contribution is 5.56. The minimum absolute atomic E-state index is 0.787. The standard InChI is InChI=1S/C17H24N4/c1-4-10-18-16-13(3)17(21-12-20-16)19-11-15-9-7-6-8-14(15)5-2/h6-9,12H,4-5,10-11H2,1-3H3,(H2,18,19,20,21). The van der Waals surface area contributed by atoms with Gasteiger partial charge in [0.15, 0.2) is 0 Å². The van der Waals surface area contributed by atoms with Crippen LogP contribution in [0.25, 0.3) is 0 Å². The molecule has 0 aliphatic heterocycles. The van der Waals surface area contributed by atoms with E-state index in [-0.39, 0.29) is 0 Å². The summed E-state index contributed by atoms with van der Waals surface area (Å²) in [4.78, 5) is 8.66. The number of benzene rings is 1. The third-order valence-electron chi connectivity index (χ3n) is 3.57. The van der Waals surface area contributed by atoms with Gasteiger partial charge in [-0.2, -0.15) is 0 Å². The van der Waals surface area contributed by atoms with Crippen LogP contribution < -0.4 is 10.6 Å². The fourth-order valence-corrected chi connectivity index (χ4v) is 2.30. The normalized spacial score (nSPS) is 10.4. The molecule has 112 valence electrons. The molecule has 0 aliphatic carbocycles. The zero-order valence-electron chi connectivity index (χ0n) is 13.1. The number of hydrogen-bond donors (Lipinski definition) is 2. The summed E-state index contributed by atoms with van der Waals surface area (Å²) in [6, 6.07) is 8.51. The molecule has 1 heterocycles. The molecule has 0 saturated heterocycles. The number of aromatic nitrogens is 2. The fraction of sp³-hybridized carbons (Fsp3) is 0.412. The van der Waals surface area contributed by atoms with Gasteiger partial charge in [0.1, 0.15) is 18.0 Å². The average Bonchev–Trinajstić information content (AvgIpc) is 2.53. The molecule has 0 saturated carbocycles. The van der Waals surface area contributed by atoms with Gasteiger partial charge in [0.05, 0.1) is 0 Å². The van der Waals surface area contributed by atoms with Crippen molar-refractivity contribution in [1.29, 1.82) is 0 Å². The highest BCUT2D eigenvalue weighted by Crippen LogP contribution is 2.19. The summed E-state index contributed by atoms with van der Waals surface area (Å²) in [5.41, 5.74) is 3.77. The maximum absolute atomic E-state index is 4.36. The van der Waals surface area contributed by atoms with Crippen molar-refractivity contribution in [3.63, 3.8) is 0 Å². The molecule has 4 nitrogen and oxygen atoms in total. The lowest BCUT2D eigenvalue weighted by Gasteiger charge is -2.13. The predicted octanol–water partition coefficient (Wildman–Crippen LogP) is 3.78. The molecule has 0 bridgehead atoms. The van der Waals surface area contributed by atoms with Crippen LogP contribution in [0.4, 0.5) is 11.6 Å². The lowest BCUT2D eigenvalue weighted by molar-refractivity contribution is 0.955. The molecule has 0 aliphatic rings. The molecule has 0 fully saturated rings. The Morgan fingerprint density at radius 3 is 2.29 bits per heavy atom. The molecule has 21 heavy (non-hydrogen) atoms. The van der Waals surface area contributed by atoms with Gasteiger partial charge in [-0.3, -0.25) is 0 Å². The van der Waals surface area contributed by atoms with E-state index in [0.29, 0.717) is 0 Å². The second kappa shape index (κ2) is 7.62. The predicted molar refractivity (Wildman–Crippen MR) is 88.7 cm³/mol. The number of aryl methyl sites for hydroxylation is 1. The molecule has 0 unspecified atom stereocenters. The quantitative estimate of drug-likeness (QED) is 0.812. The van der Waals surface area contributed by atoms with E-state index < -0.39 is 0 Å². The van der Waals surface area contributed by atoms with Gasteiger partial charge in [-0.1, -0.05) is 38.1 Å². The Kier molecular flexibility index (Phi) is 5.55. The van der Waals surface area contributed by atoms with Crippen molar-refractivity contribution in [2.45, 2.75) is 40.2 Å². The first-order valence-electron chi connectivity index (χ1n) is 7.62. The first-order chi connectivity index (χ1) is 10.3. The molecule has 2 N–H and O–H groups in total. The van der Waals surface area contributed by atoms with Gasteiger partial charge in [0.2, 0.25) is 0 Å². The molecular weight excluding hydrogens is 260 g/mol.